The van der Waals surface area contributed by atoms with Crippen molar-refractivity contribution in [3.63, 3.8) is 0 Å². The van der Waals surface area contributed by atoms with Crippen molar-refractivity contribution in [1.29, 1.82) is 0 Å². The van der Waals surface area contributed by atoms with Crippen LogP contribution in [0.4, 0.5) is 0 Å². The van der Waals surface area contributed by atoms with Gasteiger partial charge in [-0.3, -0.25) is 4.79 Å². The molecule has 1 N–H and O–H groups in total. The Bertz CT molecular complexity index is 561. The summed E-state index contributed by atoms with van der Waals surface area (Å²) in [5.41, 5.74) is 0.990. The Morgan fingerprint density at radius 3 is 2.42 bits per heavy atom. The molecule has 0 spiro atoms. The van der Waals surface area contributed by atoms with Gasteiger partial charge in [-0.15, -0.1) is 0 Å². The van der Waals surface area contributed by atoms with Gasteiger partial charge < -0.3 is 10.0 Å². The lowest BCUT2D eigenvalue weighted by Gasteiger charge is -2.14. The first-order valence-corrected chi connectivity index (χ1v) is 7.64. The van der Waals surface area contributed by atoms with Gasteiger partial charge in [-0.05, 0) is 24.1 Å². The van der Waals surface area contributed by atoms with Crippen molar-refractivity contribution in [2.75, 3.05) is 19.8 Å². The lowest BCUT2D eigenvalue weighted by atomic mass is 10.1. The quantitative estimate of drug-likeness (QED) is 0.816. The smallest absolute Gasteiger partial charge is 0.247 e. The second-order valence-corrected chi connectivity index (χ2v) is 6.24. The fourth-order valence-corrected chi connectivity index (χ4v) is 1.74. The van der Waals surface area contributed by atoms with Crippen molar-refractivity contribution in [3.05, 3.63) is 41.3 Å². The van der Waals surface area contributed by atoms with Gasteiger partial charge >= 0.3 is 0 Å². The molecule has 104 valence electrons. The average Bonchev–Trinajstić information content (AvgIpc) is 2.34. The van der Waals surface area contributed by atoms with E-state index < -0.39 is 9.84 Å². The molecule has 19 heavy (non-hydrogen) atoms. The van der Waals surface area contributed by atoms with E-state index in [0.29, 0.717) is 13.0 Å². The summed E-state index contributed by atoms with van der Waals surface area (Å²) in [6.07, 6.45) is 2.72. The van der Waals surface area contributed by atoms with E-state index in [1.54, 1.807) is 31.3 Å². The number of aromatic hydroxyl groups is 1. The van der Waals surface area contributed by atoms with Crippen LogP contribution in [-0.4, -0.2) is 44.2 Å². The van der Waals surface area contributed by atoms with Crippen LogP contribution in [0.25, 0.3) is 0 Å². The van der Waals surface area contributed by atoms with Crippen LogP contribution in [0, 0.1) is 0 Å². The Morgan fingerprint density at radius 1 is 1.32 bits per heavy atom. The zero-order valence-electron chi connectivity index (χ0n) is 10.9. The fraction of sp³-hybridized carbons (Fsp3) is 0.308. The first-order valence-electron chi connectivity index (χ1n) is 5.69. The van der Waals surface area contributed by atoms with Crippen LogP contribution < -0.4 is 0 Å². The normalized spacial score (nSPS) is 11.7. The standard InChI is InChI=1S/C13H17NO4S/c1-14(13(16)8-10-19(2,17)18)9-7-11-3-5-12(15)6-4-11/h3-6,8,10,15H,7,9H2,1-2H3/b10-8-. The van der Waals surface area contributed by atoms with Crippen molar-refractivity contribution in [1.82, 2.24) is 4.90 Å². The number of hydrogen-bond acceptors (Lipinski definition) is 4. The summed E-state index contributed by atoms with van der Waals surface area (Å²) in [6.45, 7) is 0.470. The molecule has 0 fully saturated rings. The van der Waals surface area contributed by atoms with E-state index in [9.17, 15) is 13.2 Å². The Hall–Kier alpha value is -1.82. The summed E-state index contributed by atoms with van der Waals surface area (Å²) >= 11 is 0. The highest BCUT2D eigenvalue weighted by Crippen LogP contribution is 2.10. The number of sulfone groups is 1. The van der Waals surface area contributed by atoms with E-state index >= 15 is 0 Å². The molecule has 6 heteroatoms. The molecular weight excluding hydrogens is 266 g/mol. The maximum atomic E-state index is 11.6. The minimum absolute atomic E-state index is 0.198. The minimum Gasteiger partial charge on any atom is -0.508 e. The number of phenolic OH excluding ortho intramolecular Hbond substituents is 1. The molecule has 1 amide bonds. The molecule has 0 saturated carbocycles. The van der Waals surface area contributed by atoms with E-state index in [1.807, 2.05) is 0 Å². The molecule has 1 rings (SSSR count). The maximum absolute atomic E-state index is 11.6. The molecule has 0 heterocycles. The van der Waals surface area contributed by atoms with Crippen LogP contribution in [0.1, 0.15) is 5.56 Å². The van der Waals surface area contributed by atoms with Gasteiger partial charge in [0.15, 0.2) is 9.84 Å². The van der Waals surface area contributed by atoms with Crippen LogP contribution in [0.2, 0.25) is 0 Å². The molecule has 0 aliphatic heterocycles. The zero-order valence-corrected chi connectivity index (χ0v) is 11.7. The Morgan fingerprint density at radius 2 is 1.89 bits per heavy atom. The van der Waals surface area contributed by atoms with Crippen LogP contribution in [0.3, 0.4) is 0 Å². The number of rotatable bonds is 5. The average molecular weight is 283 g/mol. The van der Waals surface area contributed by atoms with E-state index in [0.717, 1.165) is 23.3 Å². The van der Waals surface area contributed by atoms with E-state index in [4.69, 9.17) is 5.11 Å². The molecule has 0 aliphatic rings. The molecule has 0 aromatic heterocycles. The van der Waals surface area contributed by atoms with Gasteiger partial charge in [0.25, 0.3) is 0 Å². The van der Waals surface area contributed by atoms with E-state index in [-0.39, 0.29) is 11.7 Å². The Labute approximate surface area is 113 Å². The van der Waals surface area contributed by atoms with Gasteiger partial charge in [-0.2, -0.15) is 0 Å². The van der Waals surface area contributed by atoms with Crippen molar-refractivity contribution in [2.45, 2.75) is 6.42 Å². The summed E-state index contributed by atoms with van der Waals surface area (Å²) < 4.78 is 21.8. The Balaban J connectivity index is 2.51. The highest BCUT2D eigenvalue weighted by molar-refractivity contribution is 7.93. The first-order chi connectivity index (χ1) is 8.78. The number of carbonyl (C=O) groups excluding carboxylic acids is 1. The number of likely N-dealkylation sites (N-methyl/N-ethyl adjacent to an activating group) is 1. The van der Waals surface area contributed by atoms with Crippen molar-refractivity contribution in [3.8, 4) is 5.75 Å². The van der Waals surface area contributed by atoms with Crippen LogP contribution in [0.5, 0.6) is 5.75 Å². The van der Waals surface area contributed by atoms with Crippen LogP contribution in [0.15, 0.2) is 35.7 Å². The third kappa shape index (κ3) is 6.05. The molecule has 5 nitrogen and oxygen atoms in total. The largest absolute Gasteiger partial charge is 0.508 e. The van der Waals surface area contributed by atoms with Crippen molar-refractivity contribution < 1.29 is 18.3 Å². The lowest BCUT2D eigenvalue weighted by molar-refractivity contribution is -0.124. The molecule has 0 unspecified atom stereocenters. The second-order valence-electron chi connectivity index (χ2n) is 4.31. The predicted octanol–water partition coefficient (Wildman–Crippen LogP) is 0.951. The van der Waals surface area contributed by atoms with Gasteiger partial charge in [-0.25, -0.2) is 8.42 Å². The first kappa shape index (κ1) is 15.2. The van der Waals surface area contributed by atoms with Crippen LogP contribution in [-0.2, 0) is 21.1 Å². The van der Waals surface area contributed by atoms with Crippen LogP contribution >= 0.6 is 0 Å². The zero-order chi connectivity index (χ0) is 14.5. The minimum atomic E-state index is -3.28. The summed E-state index contributed by atoms with van der Waals surface area (Å²) in [7, 11) is -1.67. The van der Waals surface area contributed by atoms with E-state index in [1.165, 1.54) is 4.90 Å². The molecule has 1 aromatic carbocycles. The number of phenols is 1. The fourth-order valence-electron chi connectivity index (χ4n) is 1.38. The summed E-state index contributed by atoms with van der Waals surface area (Å²) in [5, 5.41) is 10.0. The summed E-state index contributed by atoms with van der Waals surface area (Å²) in [5.74, 6) is -0.159. The molecule has 0 radical (unpaired) electrons. The SMILES string of the molecule is CN(CCc1ccc(O)cc1)C(=O)/C=C\S(C)(=O)=O. The van der Waals surface area contributed by atoms with Gasteiger partial charge in [-0.1, -0.05) is 12.1 Å². The number of carbonyl (C=O) groups is 1. The molecule has 1 aromatic rings. The van der Waals surface area contributed by atoms with Crippen molar-refractivity contribution >= 4 is 15.7 Å². The molecule has 0 saturated heterocycles. The molecular formula is C13H17NO4S. The van der Waals surface area contributed by atoms with E-state index in [2.05, 4.69) is 0 Å². The summed E-state index contributed by atoms with van der Waals surface area (Å²) in [6, 6.07) is 6.72. The number of amides is 1. The number of nitrogens with zero attached hydrogens (tertiary/aromatic N) is 1. The molecule has 0 aliphatic carbocycles. The third-order valence-corrected chi connectivity index (χ3v) is 3.14. The molecule has 0 atom stereocenters. The van der Waals surface area contributed by atoms with Crippen molar-refractivity contribution in [2.24, 2.45) is 0 Å². The highest BCUT2D eigenvalue weighted by Gasteiger charge is 2.06. The Kier molecular flexibility index (Phi) is 5.11. The van der Waals surface area contributed by atoms with Gasteiger partial charge in [0.2, 0.25) is 5.91 Å². The van der Waals surface area contributed by atoms with Gasteiger partial charge in [0.05, 0.1) is 0 Å². The maximum Gasteiger partial charge on any atom is 0.247 e. The predicted molar refractivity (Wildman–Crippen MR) is 73.4 cm³/mol. The second kappa shape index (κ2) is 6.38. The number of benzene rings is 1. The number of hydrogen-bond donors (Lipinski definition) is 1. The topological polar surface area (TPSA) is 74.7 Å². The molecule has 0 bridgehead atoms. The highest BCUT2D eigenvalue weighted by atomic mass is 32.2. The third-order valence-electron chi connectivity index (χ3n) is 2.51. The monoisotopic (exact) mass is 283 g/mol. The van der Waals surface area contributed by atoms with Gasteiger partial charge in [0.1, 0.15) is 5.75 Å². The van der Waals surface area contributed by atoms with Gasteiger partial charge in [0, 0.05) is 31.3 Å². The lowest BCUT2D eigenvalue weighted by Crippen LogP contribution is -2.27. The summed E-state index contributed by atoms with van der Waals surface area (Å²) in [4.78, 5) is 13.0.